The molecular formula is C26H22N2O4. The molecule has 5 rings (SSSR count). The van der Waals surface area contributed by atoms with Crippen molar-refractivity contribution in [3.63, 3.8) is 0 Å². The Hall–Kier alpha value is -4.19. The standard InChI is InChI=1S/C26H22N2O4/c1-29-23-20(16-9-5-4-6-10-16)22(26-27-18-11-7-8-12-19(18)28-26)21(17-13-14-32-15-17)24(30-2)25(23)31-3/h4-15H,1-3H3,(H,27,28). The Morgan fingerprint density at radius 1 is 0.688 bits per heavy atom. The van der Waals surface area contributed by atoms with Crippen molar-refractivity contribution in [2.45, 2.75) is 0 Å². The van der Waals surface area contributed by atoms with Gasteiger partial charge >= 0.3 is 0 Å². The topological polar surface area (TPSA) is 69.5 Å². The molecule has 0 spiro atoms. The number of nitrogens with one attached hydrogen (secondary N) is 1. The molecule has 6 nitrogen and oxygen atoms in total. The van der Waals surface area contributed by atoms with E-state index >= 15 is 0 Å². The van der Waals surface area contributed by atoms with E-state index in [1.54, 1.807) is 33.9 Å². The Labute approximate surface area is 185 Å². The minimum absolute atomic E-state index is 0.505. The van der Waals surface area contributed by atoms with E-state index in [1.165, 1.54) is 0 Å². The van der Waals surface area contributed by atoms with Gasteiger partial charge < -0.3 is 23.6 Å². The smallest absolute Gasteiger partial charge is 0.204 e. The highest BCUT2D eigenvalue weighted by Crippen LogP contribution is 2.56. The average molecular weight is 426 g/mol. The Bertz CT molecular complexity index is 1340. The highest BCUT2D eigenvalue weighted by atomic mass is 16.5. The molecule has 0 radical (unpaired) electrons. The third-order valence-corrected chi connectivity index (χ3v) is 5.48. The summed E-state index contributed by atoms with van der Waals surface area (Å²) < 4.78 is 23.0. The summed E-state index contributed by atoms with van der Waals surface area (Å²) in [5, 5.41) is 0. The van der Waals surface area contributed by atoms with Crippen molar-refractivity contribution < 1.29 is 18.6 Å². The number of rotatable bonds is 6. The minimum Gasteiger partial charge on any atom is -0.492 e. The van der Waals surface area contributed by atoms with E-state index in [2.05, 4.69) is 4.98 Å². The van der Waals surface area contributed by atoms with Gasteiger partial charge in [0.15, 0.2) is 11.5 Å². The maximum Gasteiger partial charge on any atom is 0.204 e. The molecule has 0 aliphatic heterocycles. The van der Waals surface area contributed by atoms with Crippen LogP contribution in [0.1, 0.15) is 0 Å². The largest absolute Gasteiger partial charge is 0.492 e. The predicted molar refractivity (Wildman–Crippen MR) is 124 cm³/mol. The van der Waals surface area contributed by atoms with Gasteiger partial charge in [0.25, 0.3) is 0 Å². The lowest BCUT2D eigenvalue weighted by molar-refractivity contribution is 0.326. The molecule has 0 aliphatic rings. The molecule has 2 heterocycles. The highest BCUT2D eigenvalue weighted by Gasteiger charge is 2.30. The first kappa shape index (κ1) is 19.8. The number of fused-ring (bicyclic) bond motifs is 1. The molecule has 0 saturated carbocycles. The number of nitrogens with zero attached hydrogens (tertiary/aromatic N) is 1. The maximum atomic E-state index is 5.90. The second-order valence-electron chi connectivity index (χ2n) is 7.21. The van der Waals surface area contributed by atoms with Gasteiger partial charge in [-0.3, -0.25) is 0 Å². The lowest BCUT2D eigenvalue weighted by Gasteiger charge is -2.23. The number of furan rings is 1. The summed E-state index contributed by atoms with van der Waals surface area (Å²) in [7, 11) is 4.85. The van der Waals surface area contributed by atoms with E-state index in [-0.39, 0.29) is 0 Å². The number of aromatic nitrogens is 2. The van der Waals surface area contributed by atoms with E-state index in [1.807, 2.05) is 60.7 Å². The van der Waals surface area contributed by atoms with E-state index in [4.69, 9.17) is 23.6 Å². The average Bonchev–Trinajstić information content (AvgIpc) is 3.52. The number of para-hydroxylation sites is 2. The van der Waals surface area contributed by atoms with Gasteiger partial charge in [-0.1, -0.05) is 42.5 Å². The number of imidazole rings is 1. The first-order valence-corrected chi connectivity index (χ1v) is 10.2. The Kier molecular flexibility index (Phi) is 5.03. The van der Waals surface area contributed by atoms with Crippen LogP contribution >= 0.6 is 0 Å². The van der Waals surface area contributed by atoms with E-state index in [0.717, 1.165) is 38.9 Å². The Morgan fingerprint density at radius 3 is 1.97 bits per heavy atom. The van der Waals surface area contributed by atoms with Gasteiger partial charge in [-0.05, 0) is 23.8 Å². The predicted octanol–water partition coefficient (Wildman–Crippen LogP) is 6.18. The van der Waals surface area contributed by atoms with Crippen LogP contribution in [-0.2, 0) is 0 Å². The van der Waals surface area contributed by atoms with Crippen LogP contribution in [0.3, 0.4) is 0 Å². The van der Waals surface area contributed by atoms with Crippen molar-refractivity contribution >= 4 is 11.0 Å². The number of aromatic amines is 1. The summed E-state index contributed by atoms with van der Waals surface area (Å²) in [6.07, 6.45) is 3.32. The van der Waals surface area contributed by atoms with Crippen molar-refractivity contribution in [3.05, 3.63) is 73.2 Å². The van der Waals surface area contributed by atoms with Crippen molar-refractivity contribution in [2.75, 3.05) is 21.3 Å². The summed E-state index contributed by atoms with van der Waals surface area (Å²) in [5.41, 5.74) is 6.10. The van der Waals surface area contributed by atoms with Crippen LogP contribution in [0.2, 0.25) is 0 Å². The number of ether oxygens (including phenoxy) is 3. The molecule has 0 fully saturated rings. The van der Waals surface area contributed by atoms with Crippen LogP contribution in [0.15, 0.2) is 77.6 Å². The molecule has 0 amide bonds. The molecule has 3 aromatic carbocycles. The first-order chi connectivity index (χ1) is 15.8. The van der Waals surface area contributed by atoms with Crippen molar-refractivity contribution in [2.24, 2.45) is 0 Å². The second-order valence-corrected chi connectivity index (χ2v) is 7.21. The molecule has 0 atom stereocenters. The quantitative estimate of drug-likeness (QED) is 0.351. The number of H-pyrrole nitrogens is 1. The van der Waals surface area contributed by atoms with Crippen LogP contribution in [-0.4, -0.2) is 31.3 Å². The summed E-state index contributed by atoms with van der Waals surface area (Å²) >= 11 is 0. The maximum absolute atomic E-state index is 5.90. The van der Waals surface area contributed by atoms with Crippen LogP contribution in [0.4, 0.5) is 0 Å². The zero-order valence-electron chi connectivity index (χ0n) is 18.0. The molecule has 0 unspecified atom stereocenters. The van der Waals surface area contributed by atoms with E-state index in [0.29, 0.717) is 23.1 Å². The van der Waals surface area contributed by atoms with Gasteiger partial charge in [-0.25, -0.2) is 4.98 Å². The van der Waals surface area contributed by atoms with Gasteiger partial charge in [0.2, 0.25) is 5.75 Å². The minimum atomic E-state index is 0.505. The van der Waals surface area contributed by atoms with Crippen LogP contribution in [0.25, 0.3) is 44.7 Å². The van der Waals surface area contributed by atoms with Gasteiger partial charge in [-0.2, -0.15) is 0 Å². The second kappa shape index (κ2) is 8.15. The molecule has 160 valence electrons. The van der Waals surface area contributed by atoms with Gasteiger partial charge in [-0.15, -0.1) is 0 Å². The van der Waals surface area contributed by atoms with Crippen molar-refractivity contribution in [1.82, 2.24) is 9.97 Å². The zero-order valence-corrected chi connectivity index (χ0v) is 18.0. The van der Waals surface area contributed by atoms with Gasteiger partial charge in [0.1, 0.15) is 5.82 Å². The number of hydrogen-bond acceptors (Lipinski definition) is 5. The summed E-state index contributed by atoms with van der Waals surface area (Å²) in [5.74, 6) is 2.31. The third-order valence-electron chi connectivity index (χ3n) is 5.48. The normalized spacial score (nSPS) is 11.0. The molecule has 1 N–H and O–H groups in total. The fourth-order valence-electron chi connectivity index (χ4n) is 4.13. The van der Waals surface area contributed by atoms with E-state index in [9.17, 15) is 0 Å². The SMILES string of the molecule is COc1c(OC)c(-c2ccccc2)c(-c2nc3ccccc3[nH]2)c(-c2ccoc2)c1OC. The highest BCUT2D eigenvalue weighted by molar-refractivity contribution is 6.02. The zero-order chi connectivity index (χ0) is 22.1. The molecule has 0 aliphatic carbocycles. The molecule has 2 aromatic heterocycles. The lowest BCUT2D eigenvalue weighted by Crippen LogP contribution is -2.03. The van der Waals surface area contributed by atoms with E-state index < -0.39 is 0 Å². The number of hydrogen-bond donors (Lipinski definition) is 1. The van der Waals surface area contributed by atoms with Crippen LogP contribution in [0, 0.1) is 0 Å². The molecule has 5 aromatic rings. The molecular weight excluding hydrogens is 404 g/mol. The van der Waals surface area contributed by atoms with Crippen molar-refractivity contribution in [3.8, 4) is 50.9 Å². The molecule has 0 bridgehead atoms. The van der Waals surface area contributed by atoms with Crippen LogP contribution < -0.4 is 14.2 Å². The summed E-state index contributed by atoms with van der Waals surface area (Å²) in [6, 6.07) is 19.9. The van der Waals surface area contributed by atoms with Gasteiger partial charge in [0.05, 0.1) is 44.9 Å². The molecule has 0 saturated heterocycles. The monoisotopic (exact) mass is 426 g/mol. The van der Waals surface area contributed by atoms with Crippen molar-refractivity contribution in [1.29, 1.82) is 0 Å². The lowest BCUT2D eigenvalue weighted by atomic mass is 9.89. The number of benzene rings is 3. The Balaban J connectivity index is 1.99. The molecule has 32 heavy (non-hydrogen) atoms. The fraction of sp³-hybridized carbons (Fsp3) is 0.115. The molecule has 6 heteroatoms. The summed E-state index contributed by atoms with van der Waals surface area (Å²) in [6.45, 7) is 0. The first-order valence-electron chi connectivity index (χ1n) is 10.2. The third kappa shape index (κ3) is 3.08. The Morgan fingerprint density at radius 2 is 1.34 bits per heavy atom. The summed E-state index contributed by atoms with van der Waals surface area (Å²) in [4.78, 5) is 8.38. The van der Waals surface area contributed by atoms with Gasteiger partial charge in [0, 0.05) is 22.3 Å². The fourth-order valence-corrected chi connectivity index (χ4v) is 4.13. The number of methoxy groups -OCH3 is 3. The van der Waals surface area contributed by atoms with Crippen LogP contribution in [0.5, 0.6) is 17.2 Å².